The fourth-order valence-corrected chi connectivity index (χ4v) is 3.31. The number of nitro groups is 1. The molecule has 0 spiro atoms. The molecule has 3 aromatic rings. The lowest BCUT2D eigenvalue weighted by Crippen LogP contribution is -2.28. The number of ether oxygens (including phenoxy) is 2. The van der Waals surface area contributed by atoms with Gasteiger partial charge in [-0.2, -0.15) is 0 Å². The molecule has 0 saturated carbocycles. The van der Waals surface area contributed by atoms with Crippen LogP contribution in [-0.2, 0) is 9.63 Å². The number of amides is 1. The Morgan fingerprint density at radius 3 is 2.58 bits per heavy atom. The first-order valence-electron chi connectivity index (χ1n) is 10.1. The van der Waals surface area contributed by atoms with Gasteiger partial charge in [0.15, 0.2) is 0 Å². The van der Waals surface area contributed by atoms with Crippen LogP contribution in [0.2, 0.25) is 0 Å². The van der Waals surface area contributed by atoms with Crippen molar-refractivity contribution in [3.05, 3.63) is 88.0 Å². The van der Waals surface area contributed by atoms with Gasteiger partial charge in [0, 0.05) is 18.6 Å². The van der Waals surface area contributed by atoms with E-state index >= 15 is 0 Å². The Balaban J connectivity index is 1.47. The van der Waals surface area contributed by atoms with Crippen LogP contribution in [-0.4, -0.2) is 29.8 Å². The smallest absolute Gasteiger partial charge is 0.275 e. The van der Waals surface area contributed by atoms with Gasteiger partial charge in [-0.3, -0.25) is 14.9 Å². The predicted molar refractivity (Wildman–Crippen MR) is 122 cm³/mol. The maximum Gasteiger partial charge on any atom is 0.275 e. The van der Waals surface area contributed by atoms with Gasteiger partial charge in [-0.1, -0.05) is 23.4 Å². The number of benzene rings is 3. The van der Waals surface area contributed by atoms with Crippen molar-refractivity contribution in [2.24, 2.45) is 5.16 Å². The third kappa shape index (κ3) is 5.09. The Kier molecular flexibility index (Phi) is 6.21. The number of carbonyl (C=O) groups excluding carboxylic acids is 1. The second-order valence-corrected chi connectivity index (χ2v) is 7.39. The summed E-state index contributed by atoms with van der Waals surface area (Å²) in [4.78, 5) is 28.9. The van der Waals surface area contributed by atoms with E-state index in [9.17, 15) is 14.9 Å². The minimum Gasteiger partial charge on any atom is -0.497 e. The Morgan fingerprint density at radius 2 is 1.88 bits per heavy atom. The number of oxime groups is 1. The maximum atomic E-state index is 12.8. The molecule has 0 radical (unpaired) electrons. The zero-order valence-electron chi connectivity index (χ0n) is 18.0. The molecule has 1 aliphatic rings. The van der Waals surface area contributed by atoms with E-state index in [1.165, 1.54) is 18.2 Å². The molecular formula is C24H21N3O6. The van der Waals surface area contributed by atoms with E-state index in [-0.39, 0.29) is 23.5 Å². The molecule has 33 heavy (non-hydrogen) atoms. The minimum atomic E-state index is -0.859. The van der Waals surface area contributed by atoms with Crippen LogP contribution < -0.4 is 14.8 Å². The molecule has 0 saturated heterocycles. The van der Waals surface area contributed by atoms with Crippen LogP contribution in [0.3, 0.4) is 0 Å². The van der Waals surface area contributed by atoms with E-state index in [0.29, 0.717) is 17.2 Å². The topological polar surface area (TPSA) is 112 Å². The van der Waals surface area contributed by atoms with Gasteiger partial charge in [-0.25, -0.2) is 0 Å². The van der Waals surface area contributed by atoms with Crippen LogP contribution in [0, 0.1) is 17.0 Å². The molecule has 4 rings (SSSR count). The van der Waals surface area contributed by atoms with E-state index in [0.717, 1.165) is 11.1 Å². The monoisotopic (exact) mass is 447 g/mol. The Hall–Kier alpha value is -4.40. The molecule has 0 aromatic heterocycles. The lowest BCUT2D eigenvalue weighted by Gasteiger charge is -2.12. The summed E-state index contributed by atoms with van der Waals surface area (Å²) in [6.45, 7) is 1.87. The van der Waals surface area contributed by atoms with Crippen molar-refractivity contribution in [3.8, 4) is 17.2 Å². The first-order chi connectivity index (χ1) is 15.9. The third-order valence-electron chi connectivity index (χ3n) is 5.08. The van der Waals surface area contributed by atoms with Crippen LogP contribution in [0.4, 0.5) is 11.4 Å². The van der Waals surface area contributed by atoms with Gasteiger partial charge < -0.3 is 19.6 Å². The lowest BCUT2D eigenvalue weighted by molar-refractivity contribution is -0.384. The number of nitrogens with one attached hydrogen (secondary N) is 1. The van der Waals surface area contributed by atoms with Crippen molar-refractivity contribution in [1.29, 1.82) is 0 Å². The molecular weight excluding hydrogens is 426 g/mol. The van der Waals surface area contributed by atoms with Gasteiger partial charge in [-0.05, 0) is 48.4 Å². The van der Waals surface area contributed by atoms with E-state index in [2.05, 4.69) is 10.5 Å². The number of para-hydroxylation sites is 1. The SMILES string of the molecule is COc1ccc(C2=NOC(C(=O)Nc3cc(Oc4ccccc4C)cc([N+](=O)[O-])c3)C2)cc1. The van der Waals surface area contributed by atoms with Crippen LogP contribution in [0.25, 0.3) is 0 Å². The van der Waals surface area contributed by atoms with Crippen molar-refractivity contribution < 1.29 is 24.0 Å². The molecule has 0 aliphatic carbocycles. The van der Waals surface area contributed by atoms with Crippen molar-refractivity contribution in [2.45, 2.75) is 19.4 Å². The number of nitro benzene ring substituents is 1. The highest BCUT2D eigenvalue weighted by atomic mass is 16.6. The fraction of sp³-hybridized carbons (Fsp3) is 0.167. The summed E-state index contributed by atoms with van der Waals surface area (Å²) in [5.41, 5.74) is 2.33. The normalized spacial score (nSPS) is 14.7. The molecule has 1 heterocycles. The molecule has 1 unspecified atom stereocenters. The number of carbonyl (C=O) groups is 1. The van der Waals surface area contributed by atoms with Gasteiger partial charge in [0.05, 0.1) is 29.5 Å². The van der Waals surface area contributed by atoms with Gasteiger partial charge in [0.2, 0.25) is 6.10 Å². The lowest BCUT2D eigenvalue weighted by atomic mass is 10.0. The van der Waals surface area contributed by atoms with Gasteiger partial charge in [0.25, 0.3) is 11.6 Å². The molecule has 168 valence electrons. The zero-order valence-corrected chi connectivity index (χ0v) is 18.0. The predicted octanol–water partition coefficient (Wildman–Crippen LogP) is 4.84. The summed E-state index contributed by atoms with van der Waals surface area (Å²) in [5.74, 6) is 1.04. The molecule has 9 nitrogen and oxygen atoms in total. The summed E-state index contributed by atoms with van der Waals surface area (Å²) >= 11 is 0. The Morgan fingerprint density at radius 1 is 1.12 bits per heavy atom. The number of hydrogen-bond donors (Lipinski definition) is 1. The zero-order chi connectivity index (χ0) is 23.4. The number of anilines is 1. The summed E-state index contributed by atoms with van der Waals surface area (Å²) in [7, 11) is 1.58. The van der Waals surface area contributed by atoms with Crippen LogP contribution >= 0.6 is 0 Å². The van der Waals surface area contributed by atoms with E-state index < -0.39 is 16.9 Å². The molecule has 9 heteroatoms. The van der Waals surface area contributed by atoms with E-state index in [1.54, 1.807) is 31.4 Å². The third-order valence-corrected chi connectivity index (χ3v) is 5.08. The standard InChI is InChI=1S/C24H21N3O6/c1-15-5-3-4-6-22(15)32-20-12-17(11-18(13-20)27(29)30)25-24(28)23-14-21(26-33-23)16-7-9-19(31-2)10-8-16/h3-13,23H,14H2,1-2H3,(H,25,28). The first-order valence-corrected chi connectivity index (χ1v) is 10.1. The van der Waals surface area contributed by atoms with Crippen LogP contribution in [0.5, 0.6) is 17.2 Å². The Bertz CT molecular complexity index is 1220. The van der Waals surface area contributed by atoms with E-state index in [4.69, 9.17) is 14.3 Å². The average molecular weight is 447 g/mol. The number of non-ortho nitro benzene ring substituents is 1. The van der Waals surface area contributed by atoms with Crippen molar-refractivity contribution >= 4 is 23.0 Å². The Labute approximate surface area is 189 Å². The van der Waals surface area contributed by atoms with Crippen molar-refractivity contribution in [3.63, 3.8) is 0 Å². The number of aryl methyl sites for hydroxylation is 1. The number of hydrogen-bond acceptors (Lipinski definition) is 7. The molecule has 0 fully saturated rings. The maximum absolute atomic E-state index is 12.8. The largest absolute Gasteiger partial charge is 0.497 e. The highest BCUT2D eigenvalue weighted by Gasteiger charge is 2.29. The highest BCUT2D eigenvalue weighted by molar-refractivity contribution is 6.06. The molecule has 1 aliphatic heterocycles. The van der Waals surface area contributed by atoms with Gasteiger partial charge in [0.1, 0.15) is 17.2 Å². The summed E-state index contributed by atoms with van der Waals surface area (Å²) in [6, 6.07) is 18.7. The number of rotatable bonds is 7. The minimum absolute atomic E-state index is 0.209. The van der Waals surface area contributed by atoms with Gasteiger partial charge >= 0.3 is 0 Å². The summed E-state index contributed by atoms with van der Waals surface area (Å²) in [5, 5.41) is 18.1. The fourth-order valence-electron chi connectivity index (χ4n) is 3.31. The highest BCUT2D eigenvalue weighted by Crippen LogP contribution is 2.31. The summed E-state index contributed by atoms with van der Waals surface area (Å²) < 4.78 is 11.0. The van der Waals surface area contributed by atoms with Crippen molar-refractivity contribution in [1.82, 2.24) is 0 Å². The van der Waals surface area contributed by atoms with Crippen LogP contribution in [0.15, 0.2) is 71.9 Å². The molecule has 1 amide bonds. The summed E-state index contributed by atoms with van der Waals surface area (Å²) in [6.07, 6.45) is -0.596. The average Bonchev–Trinajstić information content (AvgIpc) is 3.31. The number of methoxy groups -OCH3 is 1. The molecule has 1 N–H and O–H groups in total. The second kappa shape index (κ2) is 9.39. The molecule has 1 atom stereocenters. The van der Waals surface area contributed by atoms with Crippen molar-refractivity contribution in [2.75, 3.05) is 12.4 Å². The van der Waals surface area contributed by atoms with Gasteiger partial charge in [-0.15, -0.1) is 0 Å². The van der Waals surface area contributed by atoms with Crippen LogP contribution in [0.1, 0.15) is 17.5 Å². The quantitative estimate of drug-likeness (QED) is 0.410. The second-order valence-electron chi connectivity index (χ2n) is 7.39. The number of nitrogens with zero attached hydrogens (tertiary/aromatic N) is 2. The molecule has 3 aromatic carbocycles. The molecule has 0 bridgehead atoms. The first kappa shape index (κ1) is 21.8. The van der Waals surface area contributed by atoms with E-state index in [1.807, 2.05) is 31.2 Å².